The van der Waals surface area contributed by atoms with Crippen molar-refractivity contribution in [2.45, 2.75) is 26.9 Å². The molecular weight excluding hydrogens is 304 g/mol. The molecule has 0 fully saturated rings. The number of hydrogen-bond donors (Lipinski definition) is 2. The molecule has 0 atom stereocenters. The summed E-state index contributed by atoms with van der Waals surface area (Å²) in [5, 5.41) is 12.4. The highest BCUT2D eigenvalue weighted by Gasteiger charge is 2.17. The van der Waals surface area contributed by atoms with E-state index in [9.17, 15) is 9.59 Å². The molecule has 0 aromatic carbocycles. The molecule has 0 saturated carbocycles. The summed E-state index contributed by atoms with van der Waals surface area (Å²) >= 11 is 0. The Morgan fingerprint density at radius 1 is 1.22 bits per heavy atom. The van der Waals surface area contributed by atoms with Crippen molar-refractivity contribution in [3.05, 3.63) is 28.7 Å². The summed E-state index contributed by atoms with van der Waals surface area (Å²) in [7, 11) is 3.11. The van der Waals surface area contributed by atoms with E-state index < -0.39 is 5.91 Å². The molecule has 2 rings (SSSR count). The van der Waals surface area contributed by atoms with Gasteiger partial charge in [0.2, 0.25) is 5.89 Å². The molecule has 0 aliphatic carbocycles. The average Bonchev–Trinajstić information content (AvgIpc) is 3.13. The van der Waals surface area contributed by atoms with Crippen molar-refractivity contribution in [3.63, 3.8) is 0 Å². The van der Waals surface area contributed by atoms with Crippen molar-refractivity contribution in [2.24, 2.45) is 0 Å². The zero-order chi connectivity index (χ0) is 17.0. The Balaban J connectivity index is 1.89. The van der Waals surface area contributed by atoms with Gasteiger partial charge < -0.3 is 24.6 Å². The quantitative estimate of drug-likeness (QED) is 0.814. The monoisotopic (exact) mass is 322 g/mol. The zero-order valence-corrected chi connectivity index (χ0v) is 13.3. The number of aromatic nitrogens is 3. The van der Waals surface area contributed by atoms with Gasteiger partial charge in [-0.2, -0.15) is 4.98 Å². The Labute approximate surface area is 132 Å². The van der Waals surface area contributed by atoms with Gasteiger partial charge in [0.15, 0.2) is 0 Å². The molecule has 2 heterocycles. The first-order valence-corrected chi connectivity index (χ1v) is 6.87. The first kappa shape index (κ1) is 16.5. The highest BCUT2D eigenvalue weighted by Crippen LogP contribution is 2.14. The maximum absolute atomic E-state index is 12.1. The maximum atomic E-state index is 12.1. The SMILES string of the molecule is CNC(=O)c1noc(CNC(=O)N(C)Cc2c(C)noc2C)n1. The van der Waals surface area contributed by atoms with E-state index in [1.165, 1.54) is 11.9 Å². The summed E-state index contributed by atoms with van der Waals surface area (Å²) in [6.45, 7) is 3.99. The lowest BCUT2D eigenvalue weighted by molar-refractivity contribution is 0.0950. The Morgan fingerprint density at radius 3 is 2.57 bits per heavy atom. The van der Waals surface area contributed by atoms with Gasteiger partial charge in [-0.15, -0.1) is 0 Å². The molecular formula is C13H18N6O4. The first-order valence-electron chi connectivity index (χ1n) is 6.87. The number of nitrogens with one attached hydrogen (secondary N) is 2. The lowest BCUT2D eigenvalue weighted by Crippen LogP contribution is -2.36. The molecule has 0 spiro atoms. The maximum Gasteiger partial charge on any atom is 0.317 e. The third kappa shape index (κ3) is 3.84. The highest BCUT2D eigenvalue weighted by atomic mass is 16.5. The van der Waals surface area contributed by atoms with Gasteiger partial charge in [-0.3, -0.25) is 4.79 Å². The number of hydrogen-bond acceptors (Lipinski definition) is 7. The van der Waals surface area contributed by atoms with Gasteiger partial charge in [-0.05, 0) is 13.8 Å². The normalized spacial score (nSPS) is 10.4. The van der Waals surface area contributed by atoms with Crippen LogP contribution in [0.1, 0.15) is 33.5 Å². The molecule has 0 aliphatic rings. The fourth-order valence-corrected chi connectivity index (χ4v) is 1.85. The summed E-state index contributed by atoms with van der Waals surface area (Å²) in [6.07, 6.45) is 0. The molecule has 10 heteroatoms. The molecule has 3 amide bonds. The van der Waals surface area contributed by atoms with Crippen molar-refractivity contribution in [1.82, 2.24) is 30.8 Å². The Hall–Kier alpha value is -2.91. The molecule has 0 bridgehead atoms. The van der Waals surface area contributed by atoms with Gasteiger partial charge in [0.05, 0.1) is 18.8 Å². The lowest BCUT2D eigenvalue weighted by Gasteiger charge is -2.17. The second kappa shape index (κ2) is 6.90. The van der Waals surface area contributed by atoms with Crippen molar-refractivity contribution in [3.8, 4) is 0 Å². The largest absolute Gasteiger partial charge is 0.361 e. The minimum atomic E-state index is -0.457. The molecule has 2 aromatic rings. The molecule has 124 valence electrons. The first-order chi connectivity index (χ1) is 10.9. The summed E-state index contributed by atoms with van der Waals surface area (Å²) in [4.78, 5) is 28.7. The molecule has 2 aromatic heterocycles. The Bertz CT molecular complexity index is 688. The Kier molecular flexibility index (Phi) is 4.94. The van der Waals surface area contributed by atoms with Crippen LogP contribution >= 0.6 is 0 Å². The standard InChI is InChI=1S/C13H18N6O4/c1-7-9(8(2)22-17-7)6-19(4)13(21)15-5-10-16-11(18-23-10)12(20)14-3/h5-6H2,1-4H3,(H,14,20)(H,15,21). The van der Waals surface area contributed by atoms with Crippen LogP contribution in [0, 0.1) is 13.8 Å². The minimum absolute atomic E-state index is 0.0226. The molecule has 0 radical (unpaired) electrons. The smallest absolute Gasteiger partial charge is 0.317 e. The highest BCUT2D eigenvalue weighted by molar-refractivity contribution is 5.89. The van der Waals surface area contributed by atoms with E-state index in [0.717, 1.165) is 11.3 Å². The molecule has 2 N–H and O–H groups in total. The van der Waals surface area contributed by atoms with E-state index in [-0.39, 0.29) is 24.3 Å². The third-order valence-electron chi connectivity index (χ3n) is 3.21. The Morgan fingerprint density at radius 2 is 1.96 bits per heavy atom. The van der Waals surface area contributed by atoms with Crippen LogP contribution in [0.15, 0.2) is 9.05 Å². The van der Waals surface area contributed by atoms with Crippen LogP contribution in [0.3, 0.4) is 0 Å². The zero-order valence-electron chi connectivity index (χ0n) is 13.3. The fraction of sp³-hybridized carbons (Fsp3) is 0.462. The number of nitrogens with zero attached hydrogens (tertiary/aromatic N) is 4. The van der Waals surface area contributed by atoms with Crippen LogP contribution in [-0.4, -0.2) is 46.2 Å². The number of aryl methyl sites for hydroxylation is 2. The van der Waals surface area contributed by atoms with Crippen LogP contribution < -0.4 is 10.6 Å². The van der Waals surface area contributed by atoms with Crippen molar-refractivity contribution < 1.29 is 18.6 Å². The van der Waals surface area contributed by atoms with E-state index in [1.54, 1.807) is 14.0 Å². The molecule has 0 saturated heterocycles. The van der Waals surface area contributed by atoms with Gasteiger partial charge in [0.1, 0.15) is 5.76 Å². The lowest BCUT2D eigenvalue weighted by atomic mass is 10.2. The summed E-state index contributed by atoms with van der Waals surface area (Å²) < 4.78 is 9.94. The minimum Gasteiger partial charge on any atom is -0.361 e. The van der Waals surface area contributed by atoms with Gasteiger partial charge in [0.25, 0.3) is 11.7 Å². The molecule has 10 nitrogen and oxygen atoms in total. The molecule has 0 aliphatic heterocycles. The van der Waals surface area contributed by atoms with Gasteiger partial charge >= 0.3 is 6.03 Å². The predicted octanol–water partition coefficient (Wildman–Crippen LogP) is 0.376. The van der Waals surface area contributed by atoms with Gasteiger partial charge in [-0.25, -0.2) is 4.79 Å². The number of urea groups is 1. The topological polar surface area (TPSA) is 126 Å². The summed E-state index contributed by atoms with van der Waals surface area (Å²) in [6, 6.07) is -0.329. The summed E-state index contributed by atoms with van der Waals surface area (Å²) in [5.41, 5.74) is 1.61. The van der Waals surface area contributed by atoms with E-state index in [0.29, 0.717) is 12.3 Å². The summed E-state index contributed by atoms with van der Waals surface area (Å²) in [5.74, 6) is 0.277. The van der Waals surface area contributed by atoms with E-state index >= 15 is 0 Å². The number of amides is 3. The van der Waals surface area contributed by atoms with E-state index in [1.807, 2.05) is 6.92 Å². The van der Waals surface area contributed by atoms with Gasteiger partial charge in [0, 0.05) is 19.7 Å². The fourth-order valence-electron chi connectivity index (χ4n) is 1.85. The van der Waals surface area contributed by atoms with Crippen LogP contribution in [0.4, 0.5) is 4.79 Å². The van der Waals surface area contributed by atoms with Gasteiger partial charge in [-0.1, -0.05) is 10.3 Å². The predicted molar refractivity (Wildman–Crippen MR) is 77.4 cm³/mol. The van der Waals surface area contributed by atoms with Crippen molar-refractivity contribution >= 4 is 11.9 Å². The number of carbonyl (C=O) groups is 2. The van der Waals surface area contributed by atoms with E-state index in [2.05, 4.69) is 25.9 Å². The number of carbonyl (C=O) groups excluding carboxylic acids is 2. The second-order valence-electron chi connectivity index (χ2n) is 4.91. The van der Waals surface area contributed by atoms with Crippen LogP contribution in [0.25, 0.3) is 0 Å². The van der Waals surface area contributed by atoms with Crippen LogP contribution in [0.2, 0.25) is 0 Å². The number of rotatable bonds is 5. The second-order valence-corrected chi connectivity index (χ2v) is 4.91. The van der Waals surface area contributed by atoms with Crippen LogP contribution in [0.5, 0.6) is 0 Å². The average molecular weight is 322 g/mol. The van der Waals surface area contributed by atoms with E-state index in [4.69, 9.17) is 9.05 Å². The van der Waals surface area contributed by atoms with Crippen LogP contribution in [-0.2, 0) is 13.1 Å². The molecule has 23 heavy (non-hydrogen) atoms. The molecule has 0 unspecified atom stereocenters. The van der Waals surface area contributed by atoms with Crippen molar-refractivity contribution in [1.29, 1.82) is 0 Å². The van der Waals surface area contributed by atoms with Crippen molar-refractivity contribution in [2.75, 3.05) is 14.1 Å². The third-order valence-corrected chi connectivity index (χ3v) is 3.21.